The molecule has 4 nitrogen and oxygen atoms in total. The molecule has 0 aliphatic heterocycles. The van der Waals surface area contributed by atoms with Crippen LogP contribution in [0.2, 0.25) is 0 Å². The highest BCUT2D eigenvalue weighted by atomic mass is 15.0. The van der Waals surface area contributed by atoms with Crippen LogP contribution in [0.4, 0.5) is 5.82 Å². The number of aryl methyl sites for hydroxylation is 1. The van der Waals surface area contributed by atoms with Crippen LogP contribution in [-0.2, 0) is 7.05 Å². The number of allylic oxidation sites excluding steroid dienone is 1. The number of pyridine rings is 1. The summed E-state index contributed by atoms with van der Waals surface area (Å²) in [7, 11) is 2.01. The zero-order valence-corrected chi connectivity index (χ0v) is 15.3. The first-order valence-corrected chi connectivity index (χ1v) is 8.84. The van der Waals surface area contributed by atoms with Crippen LogP contribution in [0.1, 0.15) is 33.1 Å². The Bertz CT molecular complexity index is 876. The Morgan fingerprint density at radius 1 is 1.20 bits per heavy atom. The minimum Gasteiger partial charge on any atom is -0.344 e. The zero-order valence-electron chi connectivity index (χ0n) is 15.3. The first kappa shape index (κ1) is 17.2. The lowest BCUT2D eigenvalue weighted by Crippen LogP contribution is -2.01. The monoisotopic (exact) mass is 334 g/mol. The van der Waals surface area contributed by atoms with Gasteiger partial charge in [0.2, 0.25) is 0 Å². The van der Waals surface area contributed by atoms with Gasteiger partial charge in [0.15, 0.2) is 0 Å². The highest BCUT2D eigenvalue weighted by Crippen LogP contribution is 2.25. The summed E-state index contributed by atoms with van der Waals surface area (Å²) in [6, 6.07) is 8.48. The molecule has 0 aliphatic rings. The fraction of sp³-hybridized carbons (Fsp3) is 0.333. The molecule has 3 rings (SSSR count). The van der Waals surface area contributed by atoms with E-state index in [1.807, 2.05) is 30.3 Å². The average Bonchev–Trinajstić information content (AvgIpc) is 3.00. The summed E-state index contributed by atoms with van der Waals surface area (Å²) in [6.45, 7) is 8.64. The fourth-order valence-corrected chi connectivity index (χ4v) is 2.97. The Hall–Kier alpha value is -2.62. The van der Waals surface area contributed by atoms with Crippen LogP contribution in [0.15, 0.2) is 55.3 Å². The van der Waals surface area contributed by atoms with E-state index in [0.29, 0.717) is 0 Å². The van der Waals surface area contributed by atoms with Crippen molar-refractivity contribution in [2.24, 2.45) is 13.0 Å². The van der Waals surface area contributed by atoms with E-state index in [-0.39, 0.29) is 0 Å². The minimum absolute atomic E-state index is 0.733. The van der Waals surface area contributed by atoms with E-state index in [2.05, 4.69) is 60.0 Å². The second-order valence-electron chi connectivity index (χ2n) is 7.04. The van der Waals surface area contributed by atoms with Crippen LogP contribution in [0, 0.1) is 5.92 Å². The average molecular weight is 334 g/mol. The lowest BCUT2D eigenvalue weighted by Gasteiger charge is -2.11. The second-order valence-corrected chi connectivity index (χ2v) is 7.04. The van der Waals surface area contributed by atoms with Gasteiger partial charge in [0.05, 0.1) is 18.2 Å². The van der Waals surface area contributed by atoms with Gasteiger partial charge < -0.3 is 9.88 Å². The lowest BCUT2D eigenvalue weighted by atomic mass is 10.1. The molecule has 4 heteroatoms. The Kier molecular flexibility index (Phi) is 5.17. The SMILES string of the molecule is C=C(CCCC(C)C)Nc1cc2cc(-c3cncn3C)ccc2cn1. The van der Waals surface area contributed by atoms with Crippen molar-refractivity contribution in [3.63, 3.8) is 0 Å². The molecule has 0 saturated carbocycles. The maximum absolute atomic E-state index is 4.51. The summed E-state index contributed by atoms with van der Waals surface area (Å²) in [5, 5.41) is 5.64. The van der Waals surface area contributed by atoms with E-state index in [4.69, 9.17) is 0 Å². The quantitative estimate of drug-likeness (QED) is 0.630. The summed E-state index contributed by atoms with van der Waals surface area (Å²) < 4.78 is 2.03. The number of hydrogen-bond acceptors (Lipinski definition) is 3. The molecule has 1 aromatic carbocycles. The highest BCUT2D eigenvalue weighted by molar-refractivity contribution is 5.88. The standard InChI is InChI=1S/C21H26N4/c1-15(2)6-5-7-16(3)24-21-11-19-10-17(8-9-18(19)12-23-21)20-13-22-14-25(20)4/h8-15H,3,5-7H2,1-2,4H3,(H,23,24). The summed E-state index contributed by atoms with van der Waals surface area (Å²) in [5.41, 5.74) is 3.28. The molecule has 0 aliphatic carbocycles. The highest BCUT2D eigenvalue weighted by Gasteiger charge is 2.05. The van der Waals surface area contributed by atoms with Crippen LogP contribution in [0.25, 0.3) is 22.0 Å². The normalized spacial score (nSPS) is 11.2. The summed E-state index contributed by atoms with van der Waals surface area (Å²) >= 11 is 0. The minimum atomic E-state index is 0.733. The maximum Gasteiger partial charge on any atom is 0.130 e. The molecule has 0 spiro atoms. The van der Waals surface area contributed by atoms with E-state index >= 15 is 0 Å². The first-order chi connectivity index (χ1) is 12.0. The van der Waals surface area contributed by atoms with Crippen molar-refractivity contribution in [2.45, 2.75) is 33.1 Å². The Labute approximate surface area is 149 Å². The van der Waals surface area contributed by atoms with Crippen molar-refractivity contribution in [2.75, 3.05) is 5.32 Å². The molecule has 130 valence electrons. The predicted octanol–water partition coefficient (Wildman–Crippen LogP) is 5.39. The number of anilines is 1. The van der Waals surface area contributed by atoms with E-state index in [1.165, 1.54) is 6.42 Å². The number of hydrogen-bond donors (Lipinski definition) is 1. The van der Waals surface area contributed by atoms with Crippen molar-refractivity contribution >= 4 is 16.6 Å². The first-order valence-electron chi connectivity index (χ1n) is 8.84. The third-order valence-electron chi connectivity index (χ3n) is 4.40. The van der Waals surface area contributed by atoms with Crippen molar-refractivity contribution in [1.29, 1.82) is 0 Å². The molecule has 0 amide bonds. The van der Waals surface area contributed by atoms with Gasteiger partial charge in [-0.1, -0.05) is 39.0 Å². The topological polar surface area (TPSA) is 42.7 Å². The lowest BCUT2D eigenvalue weighted by molar-refractivity contribution is 0.555. The van der Waals surface area contributed by atoms with Crippen molar-refractivity contribution in [3.8, 4) is 11.3 Å². The van der Waals surface area contributed by atoms with Crippen LogP contribution < -0.4 is 5.32 Å². The van der Waals surface area contributed by atoms with Gasteiger partial charge in [0.1, 0.15) is 5.82 Å². The summed E-state index contributed by atoms with van der Waals surface area (Å²) in [6.07, 6.45) is 8.97. The van der Waals surface area contributed by atoms with Crippen LogP contribution in [0.3, 0.4) is 0 Å². The Balaban J connectivity index is 1.77. The molecule has 3 aromatic rings. The third kappa shape index (κ3) is 4.27. The van der Waals surface area contributed by atoms with E-state index in [9.17, 15) is 0 Å². The van der Waals surface area contributed by atoms with Gasteiger partial charge in [-0.15, -0.1) is 0 Å². The number of imidazole rings is 1. The molecule has 0 atom stereocenters. The maximum atomic E-state index is 4.51. The van der Waals surface area contributed by atoms with Gasteiger partial charge in [0, 0.05) is 29.9 Å². The second kappa shape index (κ2) is 7.51. The molecule has 1 N–H and O–H groups in total. The fourth-order valence-electron chi connectivity index (χ4n) is 2.97. The van der Waals surface area contributed by atoms with Gasteiger partial charge in [-0.2, -0.15) is 0 Å². The predicted molar refractivity (Wildman–Crippen MR) is 105 cm³/mol. The number of nitrogens with zero attached hydrogens (tertiary/aromatic N) is 3. The summed E-state index contributed by atoms with van der Waals surface area (Å²) in [4.78, 5) is 8.71. The van der Waals surface area contributed by atoms with E-state index in [1.54, 1.807) is 0 Å². The molecule has 0 radical (unpaired) electrons. The van der Waals surface area contributed by atoms with Crippen LogP contribution in [0.5, 0.6) is 0 Å². The van der Waals surface area contributed by atoms with Crippen molar-refractivity contribution < 1.29 is 0 Å². The van der Waals surface area contributed by atoms with Crippen LogP contribution in [-0.4, -0.2) is 14.5 Å². The van der Waals surface area contributed by atoms with Gasteiger partial charge in [0.25, 0.3) is 0 Å². The smallest absolute Gasteiger partial charge is 0.130 e. The number of aromatic nitrogens is 3. The van der Waals surface area contributed by atoms with E-state index < -0.39 is 0 Å². The van der Waals surface area contributed by atoms with Crippen molar-refractivity contribution in [3.05, 3.63) is 55.3 Å². The Morgan fingerprint density at radius 2 is 2.04 bits per heavy atom. The number of fused-ring (bicyclic) bond motifs is 1. The molecular weight excluding hydrogens is 308 g/mol. The summed E-state index contributed by atoms with van der Waals surface area (Å²) in [5.74, 6) is 1.58. The zero-order chi connectivity index (χ0) is 17.8. The van der Waals surface area contributed by atoms with E-state index in [0.717, 1.165) is 52.3 Å². The van der Waals surface area contributed by atoms with Crippen molar-refractivity contribution in [1.82, 2.24) is 14.5 Å². The molecule has 0 saturated heterocycles. The molecular formula is C21H26N4. The largest absolute Gasteiger partial charge is 0.344 e. The molecule has 2 heterocycles. The third-order valence-corrected chi connectivity index (χ3v) is 4.40. The molecule has 0 fully saturated rings. The number of nitrogens with one attached hydrogen (secondary N) is 1. The molecule has 0 bridgehead atoms. The number of rotatable bonds is 7. The molecule has 0 unspecified atom stereocenters. The van der Waals surface area contributed by atoms with Gasteiger partial charge in [-0.3, -0.25) is 0 Å². The van der Waals surface area contributed by atoms with Gasteiger partial charge in [-0.25, -0.2) is 9.97 Å². The van der Waals surface area contributed by atoms with Gasteiger partial charge in [-0.05, 0) is 36.3 Å². The van der Waals surface area contributed by atoms with Gasteiger partial charge >= 0.3 is 0 Å². The number of benzene rings is 1. The molecule has 2 aromatic heterocycles. The molecule has 25 heavy (non-hydrogen) atoms. The Morgan fingerprint density at radius 3 is 2.76 bits per heavy atom. The van der Waals surface area contributed by atoms with Crippen LogP contribution >= 0.6 is 0 Å².